The van der Waals surface area contributed by atoms with E-state index in [0.29, 0.717) is 27.4 Å². The van der Waals surface area contributed by atoms with Crippen molar-refractivity contribution in [3.05, 3.63) is 105 Å². The first-order valence-corrected chi connectivity index (χ1v) is 13.4. The molecule has 0 aliphatic heterocycles. The minimum absolute atomic E-state index is 0.233. The number of ether oxygens (including phenoxy) is 1. The topological polar surface area (TPSA) is 68.3 Å². The second kappa shape index (κ2) is 10.7. The van der Waals surface area contributed by atoms with E-state index in [-0.39, 0.29) is 12.5 Å². The van der Waals surface area contributed by atoms with Crippen LogP contribution < -0.4 is 5.32 Å². The highest BCUT2D eigenvalue weighted by molar-refractivity contribution is 9.10. The van der Waals surface area contributed by atoms with Crippen molar-refractivity contribution in [1.29, 1.82) is 0 Å². The van der Waals surface area contributed by atoms with Crippen LogP contribution in [-0.4, -0.2) is 23.5 Å². The number of fused-ring (bicyclic) bond motifs is 1. The highest BCUT2D eigenvalue weighted by atomic mass is 79.9. The summed E-state index contributed by atoms with van der Waals surface area (Å²) in [7, 11) is 0. The minimum Gasteiger partial charge on any atom is -0.462 e. The molecule has 7 heteroatoms. The number of aryl methyl sites for hydroxylation is 1. The Hall–Kier alpha value is -3.81. The first-order chi connectivity index (χ1) is 17.9. The van der Waals surface area contributed by atoms with E-state index >= 15 is 0 Å². The van der Waals surface area contributed by atoms with Crippen LogP contribution in [0.1, 0.15) is 33.2 Å². The quantitative estimate of drug-likeness (QED) is 0.209. The highest BCUT2D eigenvalue weighted by Crippen LogP contribution is 2.37. The molecular formula is C30H23BrN2O3S. The molecule has 0 spiro atoms. The zero-order valence-corrected chi connectivity index (χ0v) is 22.7. The third kappa shape index (κ3) is 5.19. The Morgan fingerprint density at radius 2 is 1.76 bits per heavy atom. The number of hydrogen-bond donors (Lipinski definition) is 1. The maximum Gasteiger partial charge on any atom is 0.341 e. The van der Waals surface area contributed by atoms with E-state index in [4.69, 9.17) is 9.72 Å². The smallest absolute Gasteiger partial charge is 0.341 e. The van der Waals surface area contributed by atoms with Crippen molar-refractivity contribution >= 4 is 55.0 Å². The zero-order chi connectivity index (χ0) is 25.9. The van der Waals surface area contributed by atoms with Crippen LogP contribution in [0.15, 0.2) is 88.7 Å². The van der Waals surface area contributed by atoms with Gasteiger partial charge in [0.2, 0.25) is 0 Å². The molecule has 0 bridgehead atoms. The van der Waals surface area contributed by atoms with Crippen LogP contribution in [0, 0.1) is 6.92 Å². The maximum absolute atomic E-state index is 13.7. The molecule has 0 saturated carbocycles. The van der Waals surface area contributed by atoms with E-state index in [2.05, 4.69) is 21.2 Å². The van der Waals surface area contributed by atoms with Gasteiger partial charge in [-0.3, -0.25) is 4.79 Å². The van der Waals surface area contributed by atoms with Gasteiger partial charge in [-0.1, -0.05) is 70.0 Å². The van der Waals surface area contributed by atoms with Crippen LogP contribution >= 0.6 is 27.3 Å². The number of para-hydroxylation sites is 1. The van der Waals surface area contributed by atoms with Crippen molar-refractivity contribution in [3.63, 3.8) is 0 Å². The third-order valence-electron chi connectivity index (χ3n) is 5.93. The maximum atomic E-state index is 13.7. The first kappa shape index (κ1) is 24.9. The number of benzene rings is 3. The predicted molar refractivity (Wildman–Crippen MR) is 153 cm³/mol. The van der Waals surface area contributed by atoms with Crippen LogP contribution in [0.4, 0.5) is 5.00 Å². The molecule has 0 atom stereocenters. The SMILES string of the molecule is CCOC(=O)c1c(-c2ccc(Br)cc2)csc1NC(=O)c1cc(-c2cccc(C)c2)nc2ccccc12. The molecule has 1 amide bonds. The monoisotopic (exact) mass is 570 g/mol. The minimum atomic E-state index is -0.475. The number of carbonyl (C=O) groups excluding carboxylic acids is 2. The van der Waals surface area contributed by atoms with E-state index in [1.54, 1.807) is 13.0 Å². The van der Waals surface area contributed by atoms with Gasteiger partial charge >= 0.3 is 5.97 Å². The van der Waals surface area contributed by atoms with Crippen molar-refractivity contribution in [2.75, 3.05) is 11.9 Å². The fourth-order valence-corrected chi connectivity index (χ4v) is 5.40. The molecule has 3 aromatic carbocycles. The van der Waals surface area contributed by atoms with Gasteiger partial charge in [0.15, 0.2) is 0 Å². The number of rotatable bonds is 6. The molecule has 37 heavy (non-hydrogen) atoms. The second-order valence-electron chi connectivity index (χ2n) is 8.48. The van der Waals surface area contributed by atoms with Gasteiger partial charge in [0.05, 0.1) is 23.4 Å². The summed E-state index contributed by atoms with van der Waals surface area (Å²) < 4.78 is 6.29. The summed E-state index contributed by atoms with van der Waals surface area (Å²) in [6.45, 7) is 4.02. The number of nitrogens with zero attached hydrogens (tertiary/aromatic N) is 1. The Morgan fingerprint density at radius 3 is 2.51 bits per heavy atom. The Morgan fingerprint density at radius 1 is 0.973 bits per heavy atom. The number of halogens is 1. The molecule has 0 aliphatic carbocycles. The lowest BCUT2D eigenvalue weighted by Crippen LogP contribution is -2.15. The molecule has 0 unspecified atom stereocenters. The Balaban J connectivity index is 1.58. The second-order valence-corrected chi connectivity index (χ2v) is 10.3. The molecule has 0 aliphatic rings. The Bertz CT molecular complexity index is 1630. The normalized spacial score (nSPS) is 10.9. The number of anilines is 1. The summed E-state index contributed by atoms with van der Waals surface area (Å²) in [6.07, 6.45) is 0. The standard InChI is InChI=1S/C30H23BrN2O3S/c1-3-36-30(35)27-24(19-11-13-21(31)14-12-19)17-37-29(27)33-28(34)23-16-26(20-8-6-7-18(2)15-20)32-25-10-5-4-9-22(23)25/h4-17H,3H2,1-2H3,(H,33,34). The van der Waals surface area contributed by atoms with Crippen molar-refractivity contribution in [3.8, 4) is 22.4 Å². The van der Waals surface area contributed by atoms with Gasteiger partial charge in [-0.15, -0.1) is 11.3 Å². The van der Waals surface area contributed by atoms with Gasteiger partial charge < -0.3 is 10.1 Å². The number of amides is 1. The average Bonchev–Trinajstić information content (AvgIpc) is 3.32. The van der Waals surface area contributed by atoms with Crippen LogP contribution in [0.3, 0.4) is 0 Å². The van der Waals surface area contributed by atoms with E-state index in [1.807, 2.05) is 85.1 Å². The lowest BCUT2D eigenvalue weighted by molar-refractivity contribution is 0.0529. The molecule has 1 N–H and O–H groups in total. The summed E-state index contributed by atoms with van der Waals surface area (Å²) in [4.78, 5) is 31.5. The number of esters is 1. The molecule has 2 aromatic heterocycles. The van der Waals surface area contributed by atoms with Gasteiger partial charge in [0, 0.05) is 26.4 Å². The molecule has 0 radical (unpaired) electrons. The van der Waals surface area contributed by atoms with Crippen molar-refractivity contribution in [2.24, 2.45) is 0 Å². The largest absolute Gasteiger partial charge is 0.462 e. The number of carbonyl (C=O) groups is 2. The summed E-state index contributed by atoms with van der Waals surface area (Å²) in [5.41, 5.74) is 5.87. The number of pyridine rings is 1. The van der Waals surface area contributed by atoms with Crippen LogP contribution in [0.2, 0.25) is 0 Å². The average molecular weight is 571 g/mol. The third-order valence-corrected chi connectivity index (χ3v) is 7.35. The fraction of sp³-hybridized carbons (Fsp3) is 0.100. The van der Waals surface area contributed by atoms with Crippen molar-refractivity contribution in [1.82, 2.24) is 4.98 Å². The molecular weight excluding hydrogens is 548 g/mol. The summed E-state index contributed by atoms with van der Waals surface area (Å²) in [5.74, 6) is -0.792. The molecule has 0 fully saturated rings. The summed E-state index contributed by atoms with van der Waals surface area (Å²) >= 11 is 4.75. The number of thiophene rings is 1. The van der Waals surface area contributed by atoms with Gasteiger partial charge in [-0.05, 0) is 49.7 Å². The number of aromatic nitrogens is 1. The lowest BCUT2D eigenvalue weighted by Gasteiger charge is -2.12. The molecule has 184 valence electrons. The van der Waals surface area contributed by atoms with E-state index < -0.39 is 5.97 Å². The van der Waals surface area contributed by atoms with Gasteiger partial charge in [0.1, 0.15) is 10.6 Å². The highest BCUT2D eigenvalue weighted by Gasteiger charge is 2.24. The van der Waals surface area contributed by atoms with Crippen LogP contribution in [0.5, 0.6) is 0 Å². The van der Waals surface area contributed by atoms with Crippen LogP contribution in [-0.2, 0) is 4.74 Å². The van der Waals surface area contributed by atoms with Crippen LogP contribution in [0.25, 0.3) is 33.3 Å². The zero-order valence-electron chi connectivity index (χ0n) is 20.2. The Labute approximate surface area is 227 Å². The summed E-state index contributed by atoms with van der Waals surface area (Å²) in [5, 5.41) is 6.04. The molecule has 5 rings (SSSR count). The van der Waals surface area contributed by atoms with Gasteiger partial charge in [0.25, 0.3) is 5.91 Å². The first-order valence-electron chi connectivity index (χ1n) is 11.8. The van der Waals surface area contributed by atoms with Crippen molar-refractivity contribution < 1.29 is 14.3 Å². The molecule has 2 heterocycles. The Kier molecular flexibility index (Phi) is 7.17. The molecule has 5 aromatic rings. The number of nitrogens with one attached hydrogen (secondary N) is 1. The van der Waals surface area contributed by atoms with Gasteiger partial charge in [-0.25, -0.2) is 9.78 Å². The molecule has 5 nitrogen and oxygen atoms in total. The predicted octanol–water partition coefficient (Wildman–Crippen LogP) is 8.13. The number of hydrogen-bond acceptors (Lipinski definition) is 5. The van der Waals surface area contributed by atoms with Gasteiger partial charge in [-0.2, -0.15) is 0 Å². The molecule has 0 saturated heterocycles. The van der Waals surface area contributed by atoms with Crippen molar-refractivity contribution in [2.45, 2.75) is 13.8 Å². The fourth-order valence-electron chi connectivity index (χ4n) is 4.18. The lowest BCUT2D eigenvalue weighted by atomic mass is 10.0. The van der Waals surface area contributed by atoms with E-state index in [0.717, 1.165) is 32.1 Å². The van der Waals surface area contributed by atoms with E-state index in [9.17, 15) is 9.59 Å². The van der Waals surface area contributed by atoms with E-state index in [1.165, 1.54) is 11.3 Å². The summed E-state index contributed by atoms with van der Waals surface area (Å²) in [6, 6.07) is 25.1.